The minimum atomic E-state index is -0.328. The third kappa shape index (κ3) is 3.80. The summed E-state index contributed by atoms with van der Waals surface area (Å²) in [6.45, 7) is 5.96. The van der Waals surface area contributed by atoms with Crippen LogP contribution in [0, 0.1) is 20.8 Å². The van der Waals surface area contributed by atoms with Crippen LogP contribution in [0.15, 0.2) is 72.8 Å². The Morgan fingerprint density at radius 1 is 0.862 bits per heavy atom. The number of hydrogen-bond acceptors (Lipinski definition) is 3. The molecule has 5 heteroatoms. The average molecular weight is 382 g/mol. The summed E-state index contributed by atoms with van der Waals surface area (Å²) >= 11 is 0. The lowest BCUT2D eigenvalue weighted by Crippen LogP contribution is -2.16. The first kappa shape index (κ1) is 18.6. The van der Waals surface area contributed by atoms with Gasteiger partial charge in [-0.2, -0.15) is 0 Å². The van der Waals surface area contributed by atoms with Crippen molar-refractivity contribution >= 4 is 11.6 Å². The molecule has 29 heavy (non-hydrogen) atoms. The van der Waals surface area contributed by atoms with Crippen molar-refractivity contribution < 1.29 is 4.79 Å². The molecule has 1 heterocycles. The van der Waals surface area contributed by atoms with E-state index in [0.29, 0.717) is 5.82 Å². The van der Waals surface area contributed by atoms with Gasteiger partial charge < -0.3 is 5.32 Å². The third-order valence-electron chi connectivity index (χ3n) is 4.81. The fourth-order valence-electron chi connectivity index (χ4n) is 3.30. The molecule has 0 saturated carbocycles. The van der Waals surface area contributed by atoms with Gasteiger partial charge in [0.15, 0.2) is 5.82 Å². The van der Waals surface area contributed by atoms with E-state index in [1.54, 1.807) is 4.68 Å². The molecule has 0 fully saturated rings. The Morgan fingerprint density at radius 2 is 1.55 bits per heavy atom. The molecule has 144 valence electrons. The van der Waals surface area contributed by atoms with E-state index in [2.05, 4.69) is 15.4 Å². The lowest BCUT2D eigenvalue weighted by molar-refractivity contribution is 0.101. The van der Waals surface area contributed by atoms with Crippen LogP contribution in [-0.2, 0) is 0 Å². The molecule has 0 aliphatic heterocycles. The molecule has 0 aliphatic rings. The van der Waals surface area contributed by atoms with Gasteiger partial charge in [-0.1, -0.05) is 60.7 Å². The number of nitrogens with zero attached hydrogens (tertiary/aromatic N) is 3. The predicted molar refractivity (Wildman–Crippen MR) is 115 cm³/mol. The number of carbonyl (C=O) groups excluding carboxylic acids is 1. The van der Waals surface area contributed by atoms with Gasteiger partial charge in [0.25, 0.3) is 5.91 Å². The second-order valence-corrected chi connectivity index (χ2v) is 7.10. The molecule has 1 aromatic heterocycles. The maximum atomic E-state index is 13.0. The van der Waals surface area contributed by atoms with E-state index >= 15 is 0 Å². The van der Waals surface area contributed by atoms with Crippen molar-refractivity contribution in [1.29, 1.82) is 0 Å². The topological polar surface area (TPSA) is 59.8 Å². The fourth-order valence-corrected chi connectivity index (χ4v) is 3.30. The van der Waals surface area contributed by atoms with E-state index in [1.165, 1.54) is 0 Å². The number of anilines is 1. The molecule has 5 nitrogen and oxygen atoms in total. The summed E-state index contributed by atoms with van der Waals surface area (Å²) < 4.78 is 1.72. The number of benzene rings is 3. The van der Waals surface area contributed by atoms with Crippen LogP contribution in [0.1, 0.15) is 27.3 Å². The van der Waals surface area contributed by atoms with Crippen molar-refractivity contribution in [2.45, 2.75) is 20.8 Å². The first-order chi connectivity index (χ1) is 14.0. The van der Waals surface area contributed by atoms with Crippen LogP contribution in [0.2, 0.25) is 0 Å². The highest BCUT2D eigenvalue weighted by Crippen LogP contribution is 2.23. The molecule has 1 N–H and O–H groups in total. The molecule has 1 amide bonds. The van der Waals surface area contributed by atoms with Gasteiger partial charge in [0.05, 0.1) is 5.69 Å². The molecular formula is C24H22N4O. The molecule has 0 unspecified atom stereocenters. The summed E-state index contributed by atoms with van der Waals surface area (Å²) in [5.41, 5.74) is 5.67. The molecular weight excluding hydrogens is 360 g/mol. The fraction of sp³-hybridized carbons (Fsp3) is 0.125. The second kappa shape index (κ2) is 7.72. The van der Waals surface area contributed by atoms with Gasteiger partial charge in [-0.25, -0.2) is 9.67 Å². The lowest BCUT2D eigenvalue weighted by atomic mass is 10.1. The first-order valence-electron chi connectivity index (χ1n) is 9.50. The monoisotopic (exact) mass is 382 g/mol. The summed E-state index contributed by atoms with van der Waals surface area (Å²) in [4.78, 5) is 17.5. The van der Waals surface area contributed by atoms with Crippen LogP contribution < -0.4 is 5.32 Å². The van der Waals surface area contributed by atoms with Crippen molar-refractivity contribution in [3.8, 4) is 17.1 Å². The van der Waals surface area contributed by atoms with Gasteiger partial charge in [0.1, 0.15) is 0 Å². The quantitative estimate of drug-likeness (QED) is 0.533. The van der Waals surface area contributed by atoms with Crippen molar-refractivity contribution in [1.82, 2.24) is 14.8 Å². The van der Waals surface area contributed by atoms with Crippen LogP contribution >= 0.6 is 0 Å². The molecule has 0 bridgehead atoms. The zero-order chi connectivity index (χ0) is 20.4. The Morgan fingerprint density at radius 3 is 2.24 bits per heavy atom. The van der Waals surface area contributed by atoms with E-state index < -0.39 is 0 Å². The molecule has 0 radical (unpaired) electrons. The van der Waals surface area contributed by atoms with Crippen molar-refractivity contribution in [3.05, 3.63) is 95.3 Å². The summed E-state index contributed by atoms with van der Waals surface area (Å²) in [5, 5.41) is 7.52. The Labute approximate surface area is 170 Å². The Bertz CT molecular complexity index is 1160. The van der Waals surface area contributed by atoms with Crippen LogP contribution in [0.3, 0.4) is 0 Å². The summed E-state index contributed by atoms with van der Waals surface area (Å²) in [6.07, 6.45) is 0. The second-order valence-electron chi connectivity index (χ2n) is 7.10. The molecule has 4 aromatic rings. The predicted octanol–water partition coefficient (Wildman–Crippen LogP) is 5.11. The zero-order valence-electron chi connectivity index (χ0n) is 16.7. The number of hydrogen-bond donors (Lipinski definition) is 1. The number of aryl methyl sites for hydroxylation is 3. The minimum Gasteiger partial charge on any atom is -0.319 e. The van der Waals surface area contributed by atoms with Gasteiger partial charge in [0.2, 0.25) is 5.82 Å². The summed E-state index contributed by atoms with van der Waals surface area (Å²) in [6, 6.07) is 23.6. The Balaban J connectivity index is 1.78. The lowest BCUT2D eigenvalue weighted by Gasteiger charge is -2.09. The van der Waals surface area contributed by atoms with E-state index in [4.69, 9.17) is 0 Å². The van der Waals surface area contributed by atoms with Crippen LogP contribution in [0.5, 0.6) is 0 Å². The SMILES string of the molecule is Cc1cccc(-n2nc(C(=O)Nc3c(C)cccc3C)nc2-c2ccccc2)c1. The van der Waals surface area contributed by atoms with E-state index in [-0.39, 0.29) is 11.7 Å². The summed E-state index contributed by atoms with van der Waals surface area (Å²) in [5.74, 6) is 0.432. The number of para-hydroxylation sites is 1. The molecule has 0 atom stereocenters. The molecule has 0 spiro atoms. The largest absolute Gasteiger partial charge is 0.319 e. The van der Waals surface area contributed by atoms with Crippen LogP contribution in [0.25, 0.3) is 17.1 Å². The molecule has 0 saturated heterocycles. The van der Waals surface area contributed by atoms with Crippen molar-refractivity contribution in [2.24, 2.45) is 0 Å². The smallest absolute Gasteiger partial charge is 0.295 e. The number of amides is 1. The van der Waals surface area contributed by atoms with E-state index in [9.17, 15) is 4.79 Å². The van der Waals surface area contributed by atoms with Gasteiger partial charge in [-0.3, -0.25) is 4.79 Å². The van der Waals surface area contributed by atoms with Gasteiger partial charge in [-0.15, -0.1) is 5.10 Å². The molecule has 4 rings (SSSR count). The highest BCUT2D eigenvalue weighted by molar-refractivity contribution is 6.02. The molecule has 0 aliphatic carbocycles. The molecule has 3 aromatic carbocycles. The van der Waals surface area contributed by atoms with Gasteiger partial charge in [-0.05, 0) is 49.6 Å². The highest BCUT2D eigenvalue weighted by Gasteiger charge is 2.20. The zero-order valence-corrected chi connectivity index (χ0v) is 16.7. The van der Waals surface area contributed by atoms with Crippen molar-refractivity contribution in [2.75, 3.05) is 5.32 Å². The van der Waals surface area contributed by atoms with Crippen LogP contribution in [-0.4, -0.2) is 20.7 Å². The van der Waals surface area contributed by atoms with Crippen molar-refractivity contribution in [3.63, 3.8) is 0 Å². The minimum absolute atomic E-state index is 0.132. The Kier molecular flexibility index (Phi) is 4.96. The number of nitrogens with one attached hydrogen (secondary N) is 1. The average Bonchev–Trinajstić information content (AvgIpc) is 3.17. The van der Waals surface area contributed by atoms with Crippen LogP contribution in [0.4, 0.5) is 5.69 Å². The number of carbonyl (C=O) groups is 1. The van der Waals surface area contributed by atoms with E-state index in [0.717, 1.165) is 33.6 Å². The number of rotatable bonds is 4. The third-order valence-corrected chi connectivity index (χ3v) is 4.81. The first-order valence-corrected chi connectivity index (χ1v) is 9.50. The maximum absolute atomic E-state index is 13.0. The maximum Gasteiger partial charge on any atom is 0.295 e. The normalized spacial score (nSPS) is 10.7. The highest BCUT2D eigenvalue weighted by atomic mass is 16.2. The summed E-state index contributed by atoms with van der Waals surface area (Å²) in [7, 11) is 0. The number of aromatic nitrogens is 3. The van der Waals surface area contributed by atoms with E-state index in [1.807, 2.05) is 93.6 Å². The standard InChI is InChI=1S/C24H22N4O/c1-16-9-7-14-20(15-16)28-23(19-12-5-4-6-13-19)26-22(27-28)24(29)25-21-17(2)10-8-11-18(21)3/h4-15H,1-3H3,(H,25,29). The van der Waals surface area contributed by atoms with Gasteiger partial charge in [0, 0.05) is 11.3 Å². The Hall–Kier alpha value is -3.73. The van der Waals surface area contributed by atoms with Gasteiger partial charge >= 0.3 is 0 Å².